The number of ether oxygens (including phenoxy) is 2. The van der Waals surface area contributed by atoms with Gasteiger partial charge in [0.25, 0.3) is 0 Å². The van der Waals surface area contributed by atoms with Gasteiger partial charge in [0.1, 0.15) is 0 Å². The third-order valence-corrected chi connectivity index (χ3v) is 5.44. The third-order valence-electron chi connectivity index (χ3n) is 5.44. The van der Waals surface area contributed by atoms with Gasteiger partial charge in [-0.2, -0.15) is 0 Å². The Kier molecular flexibility index (Phi) is 4.69. The topological polar surface area (TPSA) is 74.5 Å². The Bertz CT molecular complexity index is 634. The highest BCUT2D eigenvalue weighted by Gasteiger charge is 2.43. The SMILES string of the molecule is COc1cc2c(cc1OC)C(C1(O)CCC(=NO)CC1)CN(C)C2. The predicted octanol–water partition coefficient (Wildman–Crippen LogP) is 2.37. The first-order chi connectivity index (χ1) is 11.5. The van der Waals surface area contributed by atoms with E-state index in [0.29, 0.717) is 31.4 Å². The maximum absolute atomic E-state index is 11.3. The Morgan fingerprint density at radius 3 is 2.38 bits per heavy atom. The minimum absolute atomic E-state index is 0.00583. The monoisotopic (exact) mass is 334 g/mol. The summed E-state index contributed by atoms with van der Waals surface area (Å²) in [6, 6.07) is 4.03. The largest absolute Gasteiger partial charge is 0.493 e. The molecule has 1 heterocycles. The van der Waals surface area contributed by atoms with E-state index in [2.05, 4.69) is 17.1 Å². The molecule has 1 unspecified atom stereocenters. The molecular weight excluding hydrogens is 308 g/mol. The Balaban J connectivity index is 1.99. The highest BCUT2D eigenvalue weighted by molar-refractivity contribution is 5.84. The van der Waals surface area contributed by atoms with Crippen molar-refractivity contribution >= 4 is 5.71 Å². The van der Waals surface area contributed by atoms with Gasteiger partial charge in [-0.05, 0) is 56.0 Å². The van der Waals surface area contributed by atoms with Crippen molar-refractivity contribution in [3.8, 4) is 11.5 Å². The van der Waals surface area contributed by atoms with Crippen LogP contribution in [0.3, 0.4) is 0 Å². The molecule has 0 amide bonds. The first kappa shape index (κ1) is 17.0. The van der Waals surface area contributed by atoms with Gasteiger partial charge in [-0.3, -0.25) is 0 Å². The molecule has 0 radical (unpaired) electrons. The van der Waals surface area contributed by atoms with E-state index in [0.717, 1.165) is 30.1 Å². The number of likely N-dealkylation sites (N-methyl/N-ethyl adjacent to an activating group) is 1. The fourth-order valence-corrected chi connectivity index (χ4v) is 4.04. The summed E-state index contributed by atoms with van der Waals surface area (Å²) < 4.78 is 10.9. The van der Waals surface area contributed by atoms with Gasteiger partial charge >= 0.3 is 0 Å². The summed E-state index contributed by atoms with van der Waals surface area (Å²) in [5.41, 5.74) is 2.28. The Morgan fingerprint density at radius 2 is 1.79 bits per heavy atom. The molecule has 1 saturated carbocycles. The second kappa shape index (κ2) is 6.61. The zero-order chi connectivity index (χ0) is 17.3. The molecule has 24 heavy (non-hydrogen) atoms. The van der Waals surface area contributed by atoms with Gasteiger partial charge in [-0.1, -0.05) is 5.16 Å². The molecule has 1 aromatic carbocycles. The molecule has 1 aliphatic carbocycles. The van der Waals surface area contributed by atoms with Crippen molar-refractivity contribution in [2.24, 2.45) is 5.16 Å². The lowest BCUT2D eigenvalue weighted by molar-refractivity contribution is -0.0203. The van der Waals surface area contributed by atoms with Gasteiger partial charge in [0, 0.05) is 19.0 Å². The summed E-state index contributed by atoms with van der Waals surface area (Å²) in [5.74, 6) is 1.42. The number of benzene rings is 1. The van der Waals surface area contributed by atoms with Crippen LogP contribution in [0.1, 0.15) is 42.7 Å². The number of methoxy groups -OCH3 is 2. The number of nitrogens with zero attached hydrogens (tertiary/aromatic N) is 2. The molecule has 0 aromatic heterocycles. The first-order valence-corrected chi connectivity index (χ1v) is 8.36. The van der Waals surface area contributed by atoms with Crippen molar-refractivity contribution in [1.82, 2.24) is 4.90 Å². The van der Waals surface area contributed by atoms with Crippen LogP contribution in [0.4, 0.5) is 0 Å². The van der Waals surface area contributed by atoms with Crippen molar-refractivity contribution < 1.29 is 19.8 Å². The second-order valence-corrected chi connectivity index (χ2v) is 6.93. The van der Waals surface area contributed by atoms with Gasteiger partial charge in [0.15, 0.2) is 11.5 Å². The smallest absolute Gasteiger partial charge is 0.161 e. The van der Waals surface area contributed by atoms with Crippen molar-refractivity contribution in [2.45, 2.75) is 43.7 Å². The predicted molar refractivity (Wildman–Crippen MR) is 91.3 cm³/mol. The maximum Gasteiger partial charge on any atom is 0.161 e. The quantitative estimate of drug-likeness (QED) is 0.656. The summed E-state index contributed by atoms with van der Waals surface area (Å²) in [4.78, 5) is 2.23. The number of hydrogen-bond donors (Lipinski definition) is 2. The first-order valence-electron chi connectivity index (χ1n) is 8.36. The van der Waals surface area contributed by atoms with Crippen molar-refractivity contribution in [1.29, 1.82) is 0 Å². The molecule has 1 atom stereocenters. The van der Waals surface area contributed by atoms with Crippen LogP contribution in [0.15, 0.2) is 17.3 Å². The molecule has 6 nitrogen and oxygen atoms in total. The van der Waals surface area contributed by atoms with E-state index in [1.165, 1.54) is 5.56 Å². The van der Waals surface area contributed by atoms with Gasteiger partial charge in [-0.25, -0.2) is 0 Å². The van der Waals surface area contributed by atoms with Crippen molar-refractivity contribution in [3.05, 3.63) is 23.3 Å². The van der Waals surface area contributed by atoms with Crippen LogP contribution >= 0.6 is 0 Å². The van der Waals surface area contributed by atoms with Crippen LogP contribution in [-0.2, 0) is 6.54 Å². The van der Waals surface area contributed by atoms with E-state index >= 15 is 0 Å². The van der Waals surface area contributed by atoms with Crippen LogP contribution in [0.5, 0.6) is 11.5 Å². The van der Waals surface area contributed by atoms with Crippen LogP contribution in [-0.4, -0.2) is 54.3 Å². The molecule has 0 saturated heterocycles. The zero-order valence-corrected chi connectivity index (χ0v) is 14.6. The number of fused-ring (bicyclic) bond motifs is 1. The Hall–Kier alpha value is -1.79. The normalized spacial score (nSPS) is 27.5. The number of hydrogen-bond acceptors (Lipinski definition) is 6. The zero-order valence-electron chi connectivity index (χ0n) is 14.6. The van der Waals surface area contributed by atoms with Gasteiger partial charge in [0.2, 0.25) is 0 Å². The second-order valence-electron chi connectivity index (χ2n) is 6.93. The molecule has 0 bridgehead atoms. The summed E-state index contributed by atoms with van der Waals surface area (Å²) in [6.45, 7) is 1.62. The molecule has 2 aliphatic rings. The highest BCUT2D eigenvalue weighted by atomic mass is 16.5. The summed E-state index contributed by atoms with van der Waals surface area (Å²) in [6.07, 6.45) is 2.49. The van der Waals surface area contributed by atoms with E-state index in [4.69, 9.17) is 14.7 Å². The summed E-state index contributed by atoms with van der Waals surface area (Å²) in [5, 5.41) is 23.6. The van der Waals surface area contributed by atoms with E-state index < -0.39 is 5.60 Å². The summed E-state index contributed by atoms with van der Waals surface area (Å²) in [7, 11) is 5.34. The molecule has 1 fully saturated rings. The lowest BCUT2D eigenvalue weighted by atomic mass is 9.70. The molecule has 1 aromatic rings. The molecule has 2 N–H and O–H groups in total. The van der Waals surface area contributed by atoms with Gasteiger partial charge in [0.05, 0.1) is 25.5 Å². The van der Waals surface area contributed by atoms with Crippen molar-refractivity contribution in [2.75, 3.05) is 27.8 Å². The highest BCUT2D eigenvalue weighted by Crippen LogP contribution is 2.45. The molecule has 132 valence electrons. The number of oxime groups is 1. The molecule has 3 rings (SSSR count). The number of rotatable bonds is 3. The van der Waals surface area contributed by atoms with Crippen LogP contribution in [0.25, 0.3) is 0 Å². The van der Waals surface area contributed by atoms with Crippen LogP contribution in [0, 0.1) is 0 Å². The van der Waals surface area contributed by atoms with Gasteiger partial charge in [-0.15, -0.1) is 0 Å². The Labute approximate surface area is 142 Å². The average molecular weight is 334 g/mol. The van der Waals surface area contributed by atoms with Crippen LogP contribution < -0.4 is 9.47 Å². The molecule has 0 spiro atoms. The molecular formula is C18H26N2O4. The number of aliphatic hydroxyl groups is 1. The molecule has 1 aliphatic heterocycles. The van der Waals surface area contributed by atoms with E-state index in [9.17, 15) is 5.11 Å². The third kappa shape index (κ3) is 2.96. The van der Waals surface area contributed by atoms with Gasteiger partial charge < -0.3 is 24.7 Å². The Morgan fingerprint density at radius 1 is 1.17 bits per heavy atom. The standard InChI is InChI=1S/C18H26N2O4/c1-20-10-12-8-16(23-2)17(24-3)9-14(12)15(11-20)18(21)6-4-13(19-22)5-7-18/h8-9,15,21-22H,4-7,10-11H2,1-3H3. The van der Waals surface area contributed by atoms with Crippen molar-refractivity contribution in [3.63, 3.8) is 0 Å². The fourth-order valence-electron chi connectivity index (χ4n) is 4.04. The van der Waals surface area contributed by atoms with E-state index in [-0.39, 0.29) is 5.92 Å². The minimum atomic E-state index is -0.794. The van der Waals surface area contributed by atoms with E-state index in [1.54, 1.807) is 14.2 Å². The average Bonchev–Trinajstić information content (AvgIpc) is 2.60. The maximum atomic E-state index is 11.3. The fraction of sp³-hybridized carbons (Fsp3) is 0.611. The van der Waals surface area contributed by atoms with E-state index in [1.807, 2.05) is 12.1 Å². The minimum Gasteiger partial charge on any atom is -0.493 e. The van der Waals surface area contributed by atoms with Crippen LogP contribution in [0.2, 0.25) is 0 Å². The lowest BCUT2D eigenvalue weighted by Crippen LogP contribution is -2.47. The molecule has 6 heteroatoms. The lowest BCUT2D eigenvalue weighted by Gasteiger charge is -2.44. The summed E-state index contributed by atoms with van der Waals surface area (Å²) >= 11 is 0.